The number of ether oxygens (including phenoxy) is 2. The van der Waals surface area contributed by atoms with Crippen molar-refractivity contribution in [1.82, 2.24) is 4.98 Å². The molecular formula is C21H21N3O5S2. The Morgan fingerprint density at radius 1 is 1.19 bits per heavy atom. The lowest BCUT2D eigenvalue weighted by Gasteiger charge is -2.23. The van der Waals surface area contributed by atoms with Gasteiger partial charge < -0.3 is 14.8 Å². The molecular weight excluding hydrogens is 438 g/mol. The summed E-state index contributed by atoms with van der Waals surface area (Å²) in [4.78, 5) is 16.3. The van der Waals surface area contributed by atoms with E-state index in [0.717, 1.165) is 5.56 Å². The third kappa shape index (κ3) is 4.64. The molecule has 0 saturated heterocycles. The van der Waals surface area contributed by atoms with Crippen molar-refractivity contribution < 1.29 is 22.7 Å². The van der Waals surface area contributed by atoms with Gasteiger partial charge in [0.05, 0.1) is 22.4 Å². The third-order valence-corrected chi connectivity index (χ3v) is 6.68. The highest BCUT2D eigenvalue weighted by molar-refractivity contribution is 7.93. The molecule has 1 atom stereocenters. The van der Waals surface area contributed by atoms with Crippen LogP contribution in [0.2, 0.25) is 0 Å². The molecule has 0 radical (unpaired) electrons. The lowest BCUT2D eigenvalue weighted by atomic mass is 10.1. The normalized spacial score (nSPS) is 15.7. The standard InChI is InChI=1S/C21H21N3O5S2/c1-12(2)28-15-5-7-16(8-6-15)31(26,27)24-21-23-18(11-30-21)14-4-9-19-17(10-14)22-20(25)13(3)29-19/h4-13H,1-3H3,(H,22,25)(H,23,24). The number of nitrogens with one attached hydrogen (secondary N) is 2. The zero-order valence-corrected chi connectivity index (χ0v) is 18.7. The fourth-order valence-corrected chi connectivity index (χ4v) is 4.94. The van der Waals surface area contributed by atoms with Crippen LogP contribution in [0, 0.1) is 0 Å². The maximum absolute atomic E-state index is 12.7. The quantitative estimate of drug-likeness (QED) is 0.574. The van der Waals surface area contributed by atoms with Gasteiger partial charge in [-0.05, 0) is 63.2 Å². The van der Waals surface area contributed by atoms with Crippen LogP contribution in [0.25, 0.3) is 11.3 Å². The van der Waals surface area contributed by atoms with E-state index in [-0.39, 0.29) is 22.0 Å². The van der Waals surface area contributed by atoms with Crippen LogP contribution in [0.4, 0.5) is 10.8 Å². The van der Waals surface area contributed by atoms with E-state index >= 15 is 0 Å². The highest BCUT2D eigenvalue weighted by Crippen LogP contribution is 2.35. The van der Waals surface area contributed by atoms with Crippen molar-refractivity contribution >= 4 is 38.1 Å². The van der Waals surface area contributed by atoms with E-state index < -0.39 is 16.1 Å². The number of aromatic nitrogens is 1. The lowest BCUT2D eigenvalue weighted by molar-refractivity contribution is -0.122. The molecule has 1 aromatic heterocycles. The van der Waals surface area contributed by atoms with Crippen LogP contribution < -0.4 is 19.5 Å². The highest BCUT2D eigenvalue weighted by Gasteiger charge is 2.24. The zero-order chi connectivity index (χ0) is 22.2. The highest BCUT2D eigenvalue weighted by atomic mass is 32.2. The predicted molar refractivity (Wildman–Crippen MR) is 119 cm³/mol. The van der Waals surface area contributed by atoms with Gasteiger partial charge in [-0.1, -0.05) is 0 Å². The van der Waals surface area contributed by atoms with Gasteiger partial charge in [0.15, 0.2) is 11.2 Å². The minimum atomic E-state index is -3.79. The minimum Gasteiger partial charge on any atom is -0.491 e. The molecule has 2 aromatic carbocycles. The summed E-state index contributed by atoms with van der Waals surface area (Å²) in [5.41, 5.74) is 1.87. The van der Waals surface area contributed by atoms with Crippen LogP contribution in [-0.2, 0) is 14.8 Å². The second kappa shape index (κ2) is 8.20. The Morgan fingerprint density at radius 2 is 1.94 bits per heavy atom. The summed E-state index contributed by atoms with van der Waals surface area (Å²) in [6.07, 6.45) is -0.550. The largest absolute Gasteiger partial charge is 0.491 e. The van der Waals surface area contributed by atoms with Crippen molar-refractivity contribution in [2.75, 3.05) is 10.0 Å². The summed E-state index contributed by atoms with van der Waals surface area (Å²) in [6, 6.07) is 11.5. The van der Waals surface area contributed by atoms with E-state index in [1.165, 1.54) is 23.5 Å². The minimum absolute atomic E-state index is 0.00111. The number of rotatable bonds is 6. The number of amides is 1. The van der Waals surface area contributed by atoms with Gasteiger partial charge in [0.1, 0.15) is 11.5 Å². The second-order valence-corrected chi connectivity index (χ2v) is 9.78. The first-order valence-corrected chi connectivity index (χ1v) is 11.9. The molecule has 0 fully saturated rings. The fraction of sp³-hybridized carbons (Fsp3) is 0.238. The molecule has 10 heteroatoms. The molecule has 1 aliphatic heterocycles. The third-order valence-electron chi connectivity index (χ3n) is 4.44. The Hall–Kier alpha value is -3.11. The number of hydrogen-bond acceptors (Lipinski definition) is 7. The Labute approximate surface area is 184 Å². The molecule has 2 N–H and O–H groups in total. The number of sulfonamides is 1. The van der Waals surface area contributed by atoms with Crippen LogP contribution in [-0.4, -0.2) is 31.5 Å². The van der Waals surface area contributed by atoms with E-state index in [4.69, 9.17) is 9.47 Å². The number of carbonyl (C=O) groups excluding carboxylic acids is 1. The molecule has 31 heavy (non-hydrogen) atoms. The smallest absolute Gasteiger partial charge is 0.265 e. The lowest BCUT2D eigenvalue weighted by Crippen LogP contribution is -2.34. The van der Waals surface area contributed by atoms with E-state index in [2.05, 4.69) is 15.0 Å². The van der Waals surface area contributed by atoms with Gasteiger partial charge in [-0.15, -0.1) is 11.3 Å². The van der Waals surface area contributed by atoms with Crippen LogP contribution >= 0.6 is 11.3 Å². The van der Waals surface area contributed by atoms with Crippen LogP contribution in [0.3, 0.4) is 0 Å². The van der Waals surface area contributed by atoms with E-state index in [1.807, 2.05) is 19.9 Å². The Morgan fingerprint density at radius 3 is 2.65 bits per heavy atom. The number of carbonyl (C=O) groups is 1. The van der Waals surface area contributed by atoms with Crippen molar-refractivity contribution in [2.45, 2.75) is 37.9 Å². The maximum Gasteiger partial charge on any atom is 0.265 e. The van der Waals surface area contributed by atoms with Crippen molar-refractivity contribution in [3.05, 3.63) is 47.8 Å². The van der Waals surface area contributed by atoms with E-state index in [9.17, 15) is 13.2 Å². The average Bonchev–Trinajstić information content (AvgIpc) is 3.16. The molecule has 8 nitrogen and oxygen atoms in total. The Balaban J connectivity index is 1.51. The van der Waals surface area contributed by atoms with Crippen molar-refractivity contribution in [3.63, 3.8) is 0 Å². The molecule has 4 rings (SSSR count). The summed E-state index contributed by atoms with van der Waals surface area (Å²) in [5, 5.41) is 4.78. The second-order valence-electron chi connectivity index (χ2n) is 7.24. The van der Waals surface area contributed by atoms with Crippen LogP contribution in [0.1, 0.15) is 20.8 Å². The average molecular weight is 460 g/mol. The number of fused-ring (bicyclic) bond motifs is 1. The maximum atomic E-state index is 12.7. The molecule has 0 bridgehead atoms. The number of nitrogens with zero attached hydrogens (tertiary/aromatic N) is 1. The van der Waals surface area contributed by atoms with E-state index in [1.54, 1.807) is 36.6 Å². The molecule has 1 aliphatic rings. The monoisotopic (exact) mass is 459 g/mol. The van der Waals surface area contributed by atoms with Crippen LogP contribution in [0.5, 0.6) is 11.5 Å². The first-order valence-electron chi connectivity index (χ1n) is 9.58. The topological polar surface area (TPSA) is 107 Å². The number of benzene rings is 2. The zero-order valence-electron chi connectivity index (χ0n) is 17.1. The number of hydrogen-bond donors (Lipinski definition) is 2. The van der Waals surface area contributed by atoms with Crippen LogP contribution in [0.15, 0.2) is 52.7 Å². The van der Waals surface area contributed by atoms with E-state index in [0.29, 0.717) is 22.9 Å². The Kier molecular flexibility index (Phi) is 5.59. The van der Waals surface area contributed by atoms with Crippen molar-refractivity contribution in [1.29, 1.82) is 0 Å². The van der Waals surface area contributed by atoms with Gasteiger partial charge in [0.25, 0.3) is 15.9 Å². The molecule has 3 aromatic rings. The molecule has 2 heterocycles. The molecule has 1 unspecified atom stereocenters. The van der Waals surface area contributed by atoms with Crippen molar-refractivity contribution in [2.24, 2.45) is 0 Å². The SMILES string of the molecule is CC(C)Oc1ccc(S(=O)(=O)Nc2nc(-c3ccc4c(c3)NC(=O)C(C)O4)cs2)cc1. The van der Waals surface area contributed by atoms with Gasteiger partial charge in [-0.25, -0.2) is 13.4 Å². The summed E-state index contributed by atoms with van der Waals surface area (Å²) >= 11 is 1.17. The molecule has 0 saturated carbocycles. The van der Waals surface area contributed by atoms with Gasteiger partial charge in [0.2, 0.25) is 0 Å². The number of thiazole rings is 1. The summed E-state index contributed by atoms with van der Waals surface area (Å²) in [5.74, 6) is 0.960. The van der Waals surface area contributed by atoms with Crippen molar-refractivity contribution in [3.8, 4) is 22.8 Å². The fourth-order valence-electron chi connectivity index (χ4n) is 2.96. The first-order chi connectivity index (χ1) is 14.7. The molecule has 162 valence electrons. The van der Waals surface area contributed by atoms with Gasteiger partial charge in [-0.3, -0.25) is 9.52 Å². The number of anilines is 2. The molecule has 1 amide bonds. The van der Waals surface area contributed by atoms with Gasteiger partial charge in [-0.2, -0.15) is 0 Å². The molecule has 0 spiro atoms. The summed E-state index contributed by atoms with van der Waals surface area (Å²) in [7, 11) is -3.79. The summed E-state index contributed by atoms with van der Waals surface area (Å²) < 4.78 is 39.0. The predicted octanol–water partition coefficient (Wildman–Crippen LogP) is 4.12. The molecule has 0 aliphatic carbocycles. The summed E-state index contributed by atoms with van der Waals surface area (Å²) in [6.45, 7) is 5.47. The first kappa shape index (κ1) is 21.1. The van der Waals surface area contributed by atoms with Gasteiger partial charge in [0, 0.05) is 10.9 Å². The van der Waals surface area contributed by atoms with Gasteiger partial charge >= 0.3 is 0 Å². The Bertz CT molecular complexity index is 1220.